The summed E-state index contributed by atoms with van der Waals surface area (Å²) in [5.74, 6) is -0.0519. The molecule has 1 saturated heterocycles. The molecule has 0 bridgehead atoms. The second-order valence-electron chi connectivity index (χ2n) is 8.13. The molecule has 154 valence electrons. The van der Waals surface area contributed by atoms with Crippen molar-refractivity contribution in [3.05, 3.63) is 35.9 Å². The summed E-state index contributed by atoms with van der Waals surface area (Å²) in [6.07, 6.45) is 2.71. The summed E-state index contributed by atoms with van der Waals surface area (Å²) in [4.78, 5) is 39.9. The molecule has 0 saturated carbocycles. The maximum absolute atomic E-state index is 13.5. The van der Waals surface area contributed by atoms with Crippen molar-refractivity contribution >= 4 is 17.7 Å². The van der Waals surface area contributed by atoms with Crippen LogP contribution in [0.2, 0.25) is 0 Å². The molecular formula is C22H33N3O3. The highest BCUT2D eigenvalue weighted by Gasteiger charge is 2.50. The lowest BCUT2D eigenvalue weighted by Crippen LogP contribution is -2.49. The van der Waals surface area contributed by atoms with Gasteiger partial charge in [0.15, 0.2) is 0 Å². The van der Waals surface area contributed by atoms with Crippen molar-refractivity contribution in [1.82, 2.24) is 15.5 Å². The smallest absolute Gasteiger partial charge is 0.242 e. The molecule has 1 aromatic rings. The highest BCUT2D eigenvalue weighted by Crippen LogP contribution is 2.42. The zero-order valence-corrected chi connectivity index (χ0v) is 17.5. The van der Waals surface area contributed by atoms with E-state index < -0.39 is 11.5 Å². The summed E-state index contributed by atoms with van der Waals surface area (Å²) in [5, 5.41) is 5.35. The van der Waals surface area contributed by atoms with Crippen LogP contribution in [0.5, 0.6) is 0 Å². The summed E-state index contributed by atoms with van der Waals surface area (Å²) >= 11 is 0. The maximum atomic E-state index is 13.5. The van der Waals surface area contributed by atoms with Gasteiger partial charge >= 0.3 is 0 Å². The third kappa shape index (κ3) is 5.12. The van der Waals surface area contributed by atoms with E-state index >= 15 is 0 Å². The molecule has 0 aromatic heterocycles. The van der Waals surface area contributed by atoms with Crippen molar-refractivity contribution < 1.29 is 14.4 Å². The molecule has 2 N–H and O–H groups in total. The molecule has 3 amide bonds. The number of likely N-dealkylation sites (N-methyl/N-ethyl adjacent to an activating group) is 1. The Morgan fingerprint density at radius 2 is 1.82 bits per heavy atom. The van der Waals surface area contributed by atoms with Gasteiger partial charge in [-0.25, -0.2) is 0 Å². The number of nitrogens with one attached hydrogen (secondary N) is 2. The van der Waals surface area contributed by atoms with Gasteiger partial charge in [-0.1, -0.05) is 44.2 Å². The molecule has 1 aromatic carbocycles. The molecule has 6 nitrogen and oxygen atoms in total. The van der Waals surface area contributed by atoms with Gasteiger partial charge in [0.2, 0.25) is 17.7 Å². The molecule has 0 unspecified atom stereocenters. The molecule has 0 spiro atoms. The fourth-order valence-corrected chi connectivity index (χ4v) is 4.29. The Hall–Kier alpha value is -2.37. The fraction of sp³-hybridized carbons (Fsp3) is 0.591. The molecule has 2 atom stereocenters. The average Bonchev–Trinajstić information content (AvgIpc) is 2.98. The Balaban J connectivity index is 2.22. The van der Waals surface area contributed by atoms with Gasteiger partial charge in [0, 0.05) is 27.1 Å². The number of benzene rings is 1. The van der Waals surface area contributed by atoms with E-state index in [1.54, 1.807) is 19.0 Å². The Morgan fingerprint density at radius 3 is 2.39 bits per heavy atom. The minimum absolute atomic E-state index is 0.0635. The Labute approximate surface area is 168 Å². The van der Waals surface area contributed by atoms with Crippen molar-refractivity contribution in [2.24, 2.45) is 11.3 Å². The van der Waals surface area contributed by atoms with Crippen LogP contribution in [0.4, 0.5) is 0 Å². The van der Waals surface area contributed by atoms with Crippen molar-refractivity contribution in [3.63, 3.8) is 0 Å². The number of amides is 3. The number of hydrogen-bond donors (Lipinski definition) is 2. The second-order valence-corrected chi connectivity index (χ2v) is 8.13. The lowest BCUT2D eigenvalue weighted by atomic mass is 9.75. The van der Waals surface area contributed by atoms with E-state index in [1.807, 2.05) is 30.3 Å². The standard InChI is InChI=1S/C22H33N3O3/c1-16(2)14-22(15-19(26)23-3)12-13-25(21(22)28)18(20(27)24-4)11-10-17-8-6-5-7-9-17/h5-9,16,18H,10-15H2,1-4H3,(H,23,26)(H,24,27)/t18-,22+/m0/s1. The quantitative estimate of drug-likeness (QED) is 0.681. The number of likely N-dealkylation sites (tertiary alicyclic amines) is 1. The summed E-state index contributed by atoms with van der Waals surface area (Å²) in [7, 11) is 3.19. The first-order valence-corrected chi connectivity index (χ1v) is 10.1. The largest absolute Gasteiger partial charge is 0.359 e. The molecule has 28 heavy (non-hydrogen) atoms. The van der Waals surface area contributed by atoms with Crippen LogP contribution in [0, 0.1) is 11.3 Å². The lowest BCUT2D eigenvalue weighted by Gasteiger charge is -2.32. The monoisotopic (exact) mass is 387 g/mol. The molecule has 1 heterocycles. The van der Waals surface area contributed by atoms with Crippen molar-refractivity contribution in [3.8, 4) is 0 Å². The zero-order chi connectivity index (χ0) is 20.7. The maximum Gasteiger partial charge on any atom is 0.242 e. The van der Waals surface area contributed by atoms with E-state index in [-0.39, 0.29) is 30.1 Å². The van der Waals surface area contributed by atoms with Gasteiger partial charge in [-0.15, -0.1) is 0 Å². The lowest BCUT2D eigenvalue weighted by molar-refractivity contribution is -0.145. The topological polar surface area (TPSA) is 78.5 Å². The number of rotatable bonds is 9. The van der Waals surface area contributed by atoms with Crippen LogP contribution >= 0.6 is 0 Å². The van der Waals surface area contributed by atoms with Crippen LogP contribution in [-0.4, -0.2) is 49.3 Å². The minimum Gasteiger partial charge on any atom is -0.359 e. The Bertz CT molecular complexity index is 690. The van der Waals surface area contributed by atoms with Crippen molar-refractivity contribution in [2.75, 3.05) is 20.6 Å². The van der Waals surface area contributed by atoms with Gasteiger partial charge < -0.3 is 15.5 Å². The number of hydrogen-bond acceptors (Lipinski definition) is 3. The first-order chi connectivity index (χ1) is 13.3. The molecule has 1 fully saturated rings. The van der Waals surface area contributed by atoms with Gasteiger partial charge in [-0.3, -0.25) is 14.4 Å². The Kier molecular flexibility index (Phi) is 7.61. The van der Waals surface area contributed by atoms with E-state index in [0.717, 1.165) is 12.0 Å². The highest BCUT2D eigenvalue weighted by atomic mass is 16.2. The van der Waals surface area contributed by atoms with Crippen molar-refractivity contribution in [2.45, 2.75) is 52.0 Å². The number of nitrogens with zero attached hydrogens (tertiary/aromatic N) is 1. The highest BCUT2D eigenvalue weighted by molar-refractivity contribution is 5.94. The summed E-state index contributed by atoms with van der Waals surface area (Å²) in [6, 6.07) is 9.45. The minimum atomic E-state index is -0.715. The normalized spacial score (nSPS) is 20.3. The first-order valence-electron chi connectivity index (χ1n) is 10.1. The number of carbonyl (C=O) groups is 3. The van der Waals surface area contributed by atoms with E-state index in [1.165, 1.54) is 0 Å². The Morgan fingerprint density at radius 1 is 1.14 bits per heavy atom. The second kappa shape index (κ2) is 9.71. The summed E-state index contributed by atoms with van der Waals surface area (Å²) in [5.41, 5.74) is 0.426. The van der Waals surface area contributed by atoms with Gasteiger partial charge in [0.1, 0.15) is 6.04 Å². The van der Waals surface area contributed by atoms with Crippen molar-refractivity contribution in [1.29, 1.82) is 0 Å². The van der Waals surface area contributed by atoms with E-state index in [4.69, 9.17) is 0 Å². The molecule has 6 heteroatoms. The third-order valence-electron chi connectivity index (χ3n) is 5.60. The summed E-state index contributed by atoms with van der Waals surface area (Å²) in [6.45, 7) is 4.63. The third-order valence-corrected chi connectivity index (χ3v) is 5.60. The van der Waals surface area contributed by atoms with Crippen LogP contribution in [0.3, 0.4) is 0 Å². The van der Waals surface area contributed by atoms with Crippen LogP contribution in [-0.2, 0) is 20.8 Å². The summed E-state index contributed by atoms with van der Waals surface area (Å²) < 4.78 is 0. The SMILES string of the molecule is CNC(=O)C[C@]1(CC(C)C)CCN([C@@H](CCc2ccccc2)C(=O)NC)C1=O. The van der Waals surface area contributed by atoms with Gasteiger partial charge in [0.05, 0.1) is 5.41 Å². The number of aryl methyl sites for hydroxylation is 1. The van der Waals surface area contributed by atoms with Crippen LogP contribution in [0.15, 0.2) is 30.3 Å². The molecule has 2 rings (SSSR count). The van der Waals surface area contributed by atoms with Gasteiger partial charge in [-0.2, -0.15) is 0 Å². The molecule has 1 aliphatic heterocycles. The van der Waals surface area contributed by atoms with Crippen LogP contribution < -0.4 is 10.6 Å². The fourth-order valence-electron chi connectivity index (χ4n) is 4.29. The predicted octanol–water partition coefficient (Wildman–Crippen LogP) is 2.13. The number of carbonyl (C=O) groups excluding carboxylic acids is 3. The molecule has 0 radical (unpaired) electrons. The first kappa shape index (κ1) is 21.9. The van der Waals surface area contributed by atoms with Gasteiger partial charge in [-0.05, 0) is 37.2 Å². The van der Waals surface area contributed by atoms with E-state index in [0.29, 0.717) is 25.8 Å². The van der Waals surface area contributed by atoms with E-state index in [9.17, 15) is 14.4 Å². The predicted molar refractivity (Wildman–Crippen MR) is 110 cm³/mol. The van der Waals surface area contributed by atoms with Crippen LogP contribution in [0.1, 0.15) is 45.1 Å². The molecule has 1 aliphatic rings. The zero-order valence-electron chi connectivity index (χ0n) is 17.5. The van der Waals surface area contributed by atoms with Crippen LogP contribution in [0.25, 0.3) is 0 Å². The average molecular weight is 388 g/mol. The van der Waals surface area contributed by atoms with E-state index in [2.05, 4.69) is 24.5 Å². The van der Waals surface area contributed by atoms with Gasteiger partial charge in [0.25, 0.3) is 0 Å². The molecule has 0 aliphatic carbocycles. The molecular weight excluding hydrogens is 354 g/mol.